The van der Waals surface area contributed by atoms with E-state index >= 15 is 0 Å². The van der Waals surface area contributed by atoms with Crippen LogP contribution in [0.2, 0.25) is 0 Å². The molecular weight excluding hydrogens is 324 g/mol. The quantitative estimate of drug-likeness (QED) is 0.490. The Balaban J connectivity index is 1.86. The van der Waals surface area contributed by atoms with E-state index in [2.05, 4.69) is 43.1 Å². The molecule has 0 amide bonds. The van der Waals surface area contributed by atoms with E-state index in [1.54, 1.807) is 25.1 Å². The molecule has 26 heavy (non-hydrogen) atoms. The minimum atomic E-state index is -0.408. The normalized spacial score (nSPS) is 14.4. The monoisotopic (exact) mass is 348 g/mol. The molecule has 0 radical (unpaired) electrons. The number of esters is 1. The molecule has 1 aliphatic heterocycles. The van der Waals surface area contributed by atoms with Crippen molar-refractivity contribution >= 4 is 17.3 Å². The topological polar surface area (TPSA) is 64.3 Å². The number of nitrogen functional groups attached to an aromatic ring is 1. The molecule has 0 fully saturated rings. The van der Waals surface area contributed by atoms with E-state index in [1.165, 1.54) is 11.3 Å². The number of benzene rings is 2. The number of nitrogens with two attached hydrogens (primary N) is 1. The second-order valence-corrected chi connectivity index (χ2v) is 7.09. The Kier molecular flexibility index (Phi) is 4.90. The van der Waals surface area contributed by atoms with Crippen LogP contribution in [0, 0.1) is 11.8 Å². The van der Waals surface area contributed by atoms with Gasteiger partial charge in [-0.3, -0.25) is 0 Å². The van der Waals surface area contributed by atoms with Gasteiger partial charge in [0.25, 0.3) is 0 Å². The van der Waals surface area contributed by atoms with Crippen molar-refractivity contribution in [1.29, 1.82) is 0 Å². The first-order valence-electron chi connectivity index (χ1n) is 8.88. The van der Waals surface area contributed by atoms with Crippen molar-refractivity contribution in [3.05, 3.63) is 58.7 Å². The number of fused-ring (bicyclic) bond motifs is 1. The molecule has 1 aliphatic rings. The number of hydrogen-bond donors (Lipinski definition) is 2. The second-order valence-electron chi connectivity index (χ2n) is 7.09. The van der Waals surface area contributed by atoms with Crippen LogP contribution in [0.4, 0.5) is 11.4 Å². The van der Waals surface area contributed by atoms with Gasteiger partial charge in [0, 0.05) is 29.0 Å². The molecule has 1 heterocycles. The molecule has 3 rings (SSSR count). The van der Waals surface area contributed by atoms with E-state index in [-0.39, 0.29) is 5.41 Å². The predicted octanol–water partition coefficient (Wildman–Crippen LogP) is 3.94. The number of nitrogens with one attached hydrogen (secondary N) is 1. The fraction of sp³-hybridized carbons (Fsp3) is 0.318. The van der Waals surface area contributed by atoms with Crippen LogP contribution in [0.25, 0.3) is 0 Å². The van der Waals surface area contributed by atoms with Gasteiger partial charge >= 0.3 is 5.97 Å². The highest BCUT2D eigenvalue weighted by Gasteiger charge is 2.27. The van der Waals surface area contributed by atoms with Crippen LogP contribution >= 0.6 is 0 Å². The third-order valence-electron chi connectivity index (χ3n) is 4.71. The first-order valence-corrected chi connectivity index (χ1v) is 8.88. The lowest BCUT2D eigenvalue weighted by atomic mass is 9.78. The third-order valence-corrected chi connectivity index (χ3v) is 4.71. The maximum atomic E-state index is 11.8. The molecule has 0 spiro atoms. The molecular formula is C22H24N2O2. The van der Waals surface area contributed by atoms with Crippen molar-refractivity contribution < 1.29 is 9.53 Å². The van der Waals surface area contributed by atoms with Gasteiger partial charge in [-0.15, -0.1) is 0 Å². The zero-order valence-corrected chi connectivity index (χ0v) is 15.5. The summed E-state index contributed by atoms with van der Waals surface area (Å²) in [6.45, 7) is 7.61. The molecule has 0 bridgehead atoms. The average molecular weight is 348 g/mol. The summed E-state index contributed by atoms with van der Waals surface area (Å²) in [5, 5.41) is 3.45. The number of hydrogen-bond acceptors (Lipinski definition) is 4. The highest BCUT2D eigenvalue weighted by Crippen LogP contribution is 2.36. The van der Waals surface area contributed by atoms with Crippen LogP contribution in [0.5, 0.6) is 0 Å². The summed E-state index contributed by atoms with van der Waals surface area (Å²) < 4.78 is 4.99. The number of carbonyl (C=O) groups is 1. The first-order chi connectivity index (χ1) is 12.4. The number of rotatable bonds is 2. The van der Waals surface area contributed by atoms with Gasteiger partial charge in [-0.2, -0.15) is 0 Å². The smallest absolute Gasteiger partial charge is 0.340 e. The Morgan fingerprint density at radius 2 is 1.88 bits per heavy atom. The summed E-state index contributed by atoms with van der Waals surface area (Å²) in [4.78, 5) is 11.8. The molecule has 134 valence electrons. The molecule has 2 aromatic carbocycles. The van der Waals surface area contributed by atoms with Crippen LogP contribution in [-0.4, -0.2) is 19.1 Å². The largest absolute Gasteiger partial charge is 0.462 e. The van der Waals surface area contributed by atoms with E-state index in [0.717, 1.165) is 24.1 Å². The van der Waals surface area contributed by atoms with Gasteiger partial charge in [-0.1, -0.05) is 25.7 Å². The Morgan fingerprint density at radius 1 is 1.19 bits per heavy atom. The molecule has 2 aromatic rings. The lowest BCUT2D eigenvalue weighted by Gasteiger charge is -2.33. The summed E-state index contributed by atoms with van der Waals surface area (Å²) in [6.07, 6.45) is 1.10. The lowest BCUT2D eigenvalue weighted by molar-refractivity contribution is 0.0527. The molecule has 4 nitrogen and oxygen atoms in total. The number of carbonyl (C=O) groups excluding carboxylic acids is 1. The van der Waals surface area contributed by atoms with Crippen molar-refractivity contribution in [2.24, 2.45) is 0 Å². The van der Waals surface area contributed by atoms with Crippen molar-refractivity contribution in [3.8, 4) is 11.8 Å². The van der Waals surface area contributed by atoms with Gasteiger partial charge in [0.05, 0.1) is 12.2 Å². The van der Waals surface area contributed by atoms with E-state index < -0.39 is 5.97 Å². The zero-order valence-electron chi connectivity index (χ0n) is 15.5. The zero-order chi connectivity index (χ0) is 18.7. The van der Waals surface area contributed by atoms with Crippen LogP contribution in [0.15, 0.2) is 36.4 Å². The molecule has 3 N–H and O–H groups in total. The van der Waals surface area contributed by atoms with Crippen LogP contribution in [0.3, 0.4) is 0 Å². The maximum Gasteiger partial charge on any atom is 0.340 e. The van der Waals surface area contributed by atoms with Gasteiger partial charge in [0.2, 0.25) is 0 Å². The molecule has 0 aromatic heterocycles. The standard InChI is InChI=1S/C22H24N2O2/c1-4-26-21(25)17-9-7-16(14-19(17)23)6-5-15-8-10-20-18(13-15)22(2,3)11-12-24-20/h7-10,13-14,24H,4,11-12,23H2,1-3H3. The Morgan fingerprint density at radius 3 is 2.58 bits per heavy atom. The SMILES string of the molecule is CCOC(=O)c1ccc(C#Cc2ccc3c(c2)C(C)(C)CCN3)cc1N. The summed E-state index contributed by atoms with van der Waals surface area (Å²) >= 11 is 0. The van der Waals surface area contributed by atoms with Gasteiger partial charge in [-0.05, 0) is 60.7 Å². The van der Waals surface area contributed by atoms with E-state index in [4.69, 9.17) is 10.5 Å². The Hall–Kier alpha value is -2.93. The second kappa shape index (κ2) is 7.13. The maximum absolute atomic E-state index is 11.8. The van der Waals surface area contributed by atoms with E-state index in [0.29, 0.717) is 17.9 Å². The van der Waals surface area contributed by atoms with Gasteiger partial charge in [-0.25, -0.2) is 4.79 Å². The Bertz CT molecular complexity index is 904. The fourth-order valence-corrected chi connectivity index (χ4v) is 3.16. The number of anilines is 2. The van der Waals surface area contributed by atoms with Gasteiger partial charge in [0.15, 0.2) is 0 Å². The predicted molar refractivity (Wildman–Crippen MR) is 105 cm³/mol. The molecule has 0 saturated heterocycles. The molecule has 0 aliphatic carbocycles. The molecule has 0 saturated carbocycles. The first kappa shape index (κ1) is 17.9. The summed E-state index contributed by atoms with van der Waals surface area (Å²) in [5.41, 5.74) is 11.1. The molecule has 0 unspecified atom stereocenters. The minimum Gasteiger partial charge on any atom is -0.462 e. The molecule has 4 heteroatoms. The summed E-state index contributed by atoms with van der Waals surface area (Å²) in [6, 6.07) is 11.4. The van der Waals surface area contributed by atoms with E-state index in [1.807, 2.05) is 6.07 Å². The van der Waals surface area contributed by atoms with Crippen molar-refractivity contribution in [2.45, 2.75) is 32.6 Å². The highest BCUT2D eigenvalue weighted by atomic mass is 16.5. The summed E-state index contributed by atoms with van der Waals surface area (Å²) in [5.74, 6) is 5.92. The van der Waals surface area contributed by atoms with Crippen LogP contribution < -0.4 is 11.1 Å². The molecule has 0 atom stereocenters. The lowest BCUT2D eigenvalue weighted by Crippen LogP contribution is -2.28. The van der Waals surface area contributed by atoms with E-state index in [9.17, 15) is 4.79 Å². The third kappa shape index (κ3) is 3.67. The van der Waals surface area contributed by atoms with Crippen molar-refractivity contribution in [1.82, 2.24) is 0 Å². The fourth-order valence-electron chi connectivity index (χ4n) is 3.16. The van der Waals surface area contributed by atoms with Crippen molar-refractivity contribution in [3.63, 3.8) is 0 Å². The van der Waals surface area contributed by atoms with Gasteiger partial charge < -0.3 is 15.8 Å². The highest BCUT2D eigenvalue weighted by molar-refractivity contribution is 5.95. The van der Waals surface area contributed by atoms with Gasteiger partial charge in [0.1, 0.15) is 0 Å². The number of ether oxygens (including phenoxy) is 1. The van der Waals surface area contributed by atoms with Crippen molar-refractivity contribution in [2.75, 3.05) is 24.2 Å². The minimum absolute atomic E-state index is 0.143. The van der Waals surface area contributed by atoms with Crippen LogP contribution in [-0.2, 0) is 10.2 Å². The average Bonchev–Trinajstić information content (AvgIpc) is 2.60. The summed E-state index contributed by atoms with van der Waals surface area (Å²) in [7, 11) is 0. The Labute approximate surface area is 154 Å². The van der Waals surface area contributed by atoms with Crippen LogP contribution in [0.1, 0.15) is 54.2 Å².